The normalized spacial score (nSPS) is 10.5. The molecular weight excluding hydrogens is 368 g/mol. The van der Waals surface area contributed by atoms with Gasteiger partial charge in [0.25, 0.3) is 5.91 Å². The Morgan fingerprint density at radius 2 is 1.92 bits per heavy atom. The van der Waals surface area contributed by atoms with Gasteiger partial charge in [-0.05, 0) is 44.2 Å². The van der Waals surface area contributed by atoms with Crippen molar-refractivity contribution < 1.29 is 18.3 Å². The molecule has 0 saturated heterocycles. The largest absolute Gasteiger partial charge is 0.435 e. The number of benzene rings is 1. The molecule has 1 heterocycles. The van der Waals surface area contributed by atoms with Gasteiger partial charge in [-0.2, -0.15) is 8.78 Å². The minimum absolute atomic E-state index is 0. The number of hydrogen-bond acceptors (Lipinski definition) is 5. The van der Waals surface area contributed by atoms with Gasteiger partial charge in [-0.25, -0.2) is 4.68 Å². The second-order valence-electron chi connectivity index (χ2n) is 5.31. The van der Waals surface area contributed by atoms with E-state index in [1.807, 2.05) is 0 Å². The van der Waals surface area contributed by atoms with E-state index in [4.69, 9.17) is 0 Å². The lowest BCUT2D eigenvalue weighted by Gasteiger charge is -2.07. The van der Waals surface area contributed by atoms with E-state index >= 15 is 0 Å². The van der Waals surface area contributed by atoms with Gasteiger partial charge in [0.1, 0.15) is 5.75 Å². The van der Waals surface area contributed by atoms with E-state index in [0.29, 0.717) is 24.5 Å². The molecule has 1 aromatic carbocycles. The number of aromatic nitrogens is 3. The van der Waals surface area contributed by atoms with E-state index in [9.17, 15) is 13.6 Å². The molecule has 0 radical (unpaired) electrons. The highest BCUT2D eigenvalue weighted by molar-refractivity contribution is 5.93. The Morgan fingerprint density at radius 1 is 1.23 bits per heavy atom. The van der Waals surface area contributed by atoms with Gasteiger partial charge >= 0.3 is 6.61 Å². The molecule has 10 heteroatoms. The van der Waals surface area contributed by atoms with E-state index in [1.54, 1.807) is 19.1 Å². The zero-order valence-electron chi connectivity index (χ0n) is 14.5. The van der Waals surface area contributed by atoms with Crippen molar-refractivity contribution in [2.75, 3.05) is 19.6 Å². The number of amides is 1. The summed E-state index contributed by atoms with van der Waals surface area (Å²) in [5.74, 6) is -0.256. The first-order valence-electron chi connectivity index (χ1n) is 7.99. The topological polar surface area (TPSA) is 81.1 Å². The Labute approximate surface area is 156 Å². The third-order valence-corrected chi connectivity index (χ3v) is 3.43. The van der Waals surface area contributed by atoms with E-state index in [-0.39, 0.29) is 29.8 Å². The average molecular weight is 390 g/mol. The Hall–Kier alpha value is -2.26. The van der Waals surface area contributed by atoms with Crippen LogP contribution in [0.2, 0.25) is 0 Å². The highest BCUT2D eigenvalue weighted by atomic mass is 35.5. The summed E-state index contributed by atoms with van der Waals surface area (Å²) in [4.78, 5) is 12.2. The fourth-order valence-electron chi connectivity index (χ4n) is 2.20. The summed E-state index contributed by atoms with van der Waals surface area (Å²) < 4.78 is 30.1. The van der Waals surface area contributed by atoms with Crippen molar-refractivity contribution in [3.05, 3.63) is 35.7 Å². The maximum Gasteiger partial charge on any atom is 0.387 e. The third kappa shape index (κ3) is 5.92. The van der Waals surface area contributed by atoms with Crippen molar-refractivity contribution in [3.8, 4) is 11.4 Å². The van der Waals surface area contributed by atoms with Gasteiger partial charge < -0.3 is 15.4 Å². The summed E-state index contributed by atoms with van der Waals surface area (Å²) in [5, 5.41) is 13.8. The second-order valence-corrected chi connectivity index (χ2v) is 5.31. The zero-order valence-corrected chi connectivity index (χ0v) is 15.4. The Bertz CT molecular complexity index is 694. The number of carbonyl (C=O) groups excluding carboxylic acids is 1. The smallest absolute Gasteiger partial charge is 0.387 e. The zero-order chi connectivity index (χ0) is 18.2. The van der Waals surface area contributed by atoms with E-state index in [1.165, 1.54) is 16.8 Å². The lowest BCUT2D eigenvalue weighted by molar-refractivity contribution is -0.0498. The van der Waals surface area contributed by atoms with Crippen LogP contribution in [0.15, 0.2) is 24.3 Å². The molecule has 1 aromatic heterocycles. The molecule has 144 valence electrons. The highest BCUT2D eigenvalue weighted by Gasteiger charge is 2.17. The lowest BCUT2D eigenvalue weighted by Crippen LogP contribution is -2.32. The van der Waals surface area contributed by atoms with Crippen LogP contribution in [0.4, 0.5) is 8.78 Å². The van der Waals surface area contributed by atoms with E-state index in [0.717, 1.165) is 13.0 Å². The van der Waals surface area contributed by atoms with Crippen LogP contribution in [0.1, 0.15) is 29.5 Å². The number of alkyl halides is 2. The molecule has 0 saturated carbocycles. The van der Waals surface area contributed by atoms with Crippen LogP contribution in [0, 0.1) is 6.92 Å². The predicted octanol–water partition coefficient (Wildman–Crippen LogP) is 2.33. The van der Waals surface area contributed by atoms with Crippen molar-refractivity contribution >= 4 is 18.3 Å². The Morgan fingerprint density at radius 3 is 2.54 bits per heavy atom. The number of hydrogen-bond donors (Lipinski definition) is 2. The molecular formula is C16H22ClF2N5O2. The molecule has 0 bridgehead atoms. The first-order chi connectivity index (χ1) is 12.0. The maximum absolute atomic E-state index is 12.2. The minimum atomic E-state index is -2.87. The summed E-state index contributed by atoms with van der Waals surface area (Å²) in [5.41, 5.74) is 1.38. The van der Waals surface area contributed by atoms with Crippen molar-refractivity contribution in [3.63, 3.8) is 0 Å². The predicted molar refractivity (Wildman–Crippen MR) is 95.5 cm³/mol. The summed E-state index contributed by atoms with van der Waals surface area (Å²) in [6.07, 6.45) is 1.03. The molecule has 0 aliphatic carbocycles. The molecule has 2 rings (SSSR count). The summed E-state index contributed by atoms with van der Waals surface area (Å²) in [6, 6.07) is 5.94. The van der Waals surface area contributed by atoms with Gasteiger partial charge in [-0.1, -0.05) is 12.1 Å². The third-order valence-electron chi connectivity index (χ3n) is 3.43. The average Bonchev–Trinajstić information content (AvgIpc) is 2.96. The van der Waals surface area contributed by atoms with Gasteiger partial charge in [-0.15, -0.1) is 17.5 Å². The number of carbonyl (C=O) groups is 1. The van der Waals surface area contributed by atoms with Crippen molar-refractivity contribution in [2.45, 2.75) is 26.9 Å². The SMILES string of the molecule is CCCNCCNC(=O)c1nnn(-c2ccc(OC(F)F)cc2)c1C.Cl. The number of halogens is 3. The molecule has 0 unspecified atom stereocenters. The monoisotopic (exact) mass is 389 g/mol. The second kappa shape index (κ2) is 10.7. The quantitative estimate of drug-likeness (QED) is 0.643. The van der Waals surface area contributed by atoms with Gasteiger partial charge in [-0.3, -0.25) is 4.79 Å². The van der Waals surface area contributed by atoms with Crippen LogP contribution < -0.4 is 15.4 Å². The minimum Gasteiger partial charge on any atom is -0.435 e. The Kier molecular flexibility index (Phi) is 8.94. The van der Waals surface area contributed by atoms with Crippen LogP contribution in [-0.4, -0.2) is 47.1 Å². The first-order valence-corrected chi connectivity index (χ1v) is 7.99. The van der Waals surface area contributed by atoms with Gasteiger partial charge in [0, 0.05) is 13.1 Å². The maximum atomic E-state index is 12.2. The molecule has 2 N–H and O–H groups in total. The van der Waals surface area contributed by atoms with E-state index < -0.39 is 6.61 Å². The summed E-state index contributed by atoms with van der Waals surface area (Å²) in [7, 11) is 0. The summed E-state index contributed by atoms with van der Waals surface area (Å²) in [6.45, 7) is 2.98. The first kappa shape index (κ1) is 21.8. The molecule has 0 aliphatic heterocycles. The van der Waals surface area contributed by atoms with Crippen molar-refractivity contribution in [1.82, 2.24) is 25.6 Å². The fraction of sp³-hybridized carbons (Fsp3) is 0.438. The van der Waals surface area contributed by atoms with Crippen LogP contribution in [-0.2, 0) is 0 Å². The fourth-order valence-corrected chi connectivity index (χ4v) is 2.20. The number of nitrogens with zero attached hydrogens (tertiary/aromatic N) is 3. The molecule has 26 heavy (non-hydrogen) atoms. The van der Waals surface area contributed by atoms with Crippen LogP contribution in [0.5, 0.6) is 5.75 Å². The van der Waals surface area contributed by atoms with E-state index in [2.05, 4.69) is 32.6 Å². The van der Waals surface area contributed by atoms with Gasteiger partial charge in [0.2, 0.25) is 0 Å². The number of nitrogens with one attached hydrogen (secondary N) is 2. The van der Waals surface area contributed by atoms with Crippen LogP contribution in [0.25, 0.3) is 5.69 Å². The Balaban J connectivity index is 0.00000338. The molecule has 0 aliphatic rings. The highest BCUT2D eigenvalue weighted by Crippen LogP contribution is 2.18. The number of rotatable bonds is 9. The molecule has 0 atom stereocenters. The lowest BCUT2D eigenvalue weighted by atomic mass is 10.2. The molecule has 0 fully saturated rings. The van der Waals surface area contributed by atoms with Crippen LogP contribution >= 0.6 is 12.4 Å². The molecule has 7 nitrogen and oxygen atoms in total. The number of ether oxygens (including phenoxy) is 1. The van der Waals surface area contributed by atoms with Crippen molar-refractivity contribution in [2.24, 2.45) is 0 Å². The van der Waals surface area contributed by atoms with Gasteiger partial charge in [0.05, 0.1) is 11.4 Å². The van der Waals surface area contributed by atoms with Gasteiger partial charge in [0.15, 0.2) is 5.69 Å². The van der Waals surface area contributed by atoms with Crippen molar-refractivity contribution in [1.29, 1.82) is 0 Å². The summed E-state index contributed by atoms with van der Waals surface area (Å²) >= 11 is 0. The standard InChI is InChI=1S/C16H21F2N5O2.ClH/c1-3-8-19-9-10-20-15(24)14-11(2)23(22-21-14)12-4-6-13(7-5-12)25-16(17)18;/h4-7,16,19H,3,8-10H2,1-2H3,(H,20,24);1H. The van der Waals surface area contributed by atoms with Crippen LogP contribution in [0.3, 0.4) is 0 Å². The molecule has 2 aromatic rings. The molecule has 1 amide bonds. The molecule has 0 spiro atoms.